The molecule has 15 rings (SSSR count). The number of aromatic nitrogens is 3. The number of anilines is 3. The van der Waals surface area contributed by atoms with E-state index in [9.17, 15) is 0 Å². The molecule has 0 amide bonds. The zero-order valence-electron chi connectivity index (χ0n) is 41.5. The zero-order valence-corrected chi connectivity index (χ0v) is 41.5. The van der Waals surface area contributed by atoms with Crippen molar-refractivity contribution in [1.29, 1.82) is 0 Å². The van der Waals surface area contributed by atoms with Crippen LogP contribution in [0.2, 0.25) is 0 Å². The molecule has 0 radical (unpaired) electrons. The molecule has 0 aliphatic carbocycles. The first-order valence-corrected chi connectivity index (χ1v) is 26.1. The maximum absolute atomic E-state index is 2.38. The van der Waals surface area contributed by atoms with E-state index in [0.29, 0.717) is 0 Å². The Morgan fingerprint density at radius 1 is 0.184 bits per heavy atom. The predicted molar refractivity (Wildman–Crippen MR) is 320 cm³/mol. The number of fused-ring (bicyclic) bond motifs is 9. The van der Waals surface area contributed by atoms with E-state index < -0.39 is 0 Å². The van der Waals surface area contributed by atoms with Gasteiger partial charge in [-0.3, -0.25) is 0 Å². The van der Waals surface area contributed by atoms with E-state index in [2.05, 4.69) is 310 Å². The summed E-state index contributed by atoms with van der Waals surface area (Å²) in [6.45, 7) is 0. The SMILES string of the molecule is c1ccc(-n2c3ccccc3c3cc(-c4ccc(-c5ccc(N(c6ccc(-c7ccc8c(c7)c7ccccc7n8-c7ccccc7)cc6)c6ccc(-n7c8ccccc8c8ccccc87)cc6)cc5)cc4)ccc32)cc1. The fourth-order valence-electron chi connectivity index (χ4n) is 11.9. The molecule has 0 saturated heterocycles. The van der Waals surface area contributed by atoms with E-state index in [4.69, 9.17) is 0 Å². The molecule has 0 N–H and O–H groups in total. The Morgan fingerprint density at radius 3 is 0.803 bits per heavy atom. The van der Waals surface area contributed by atoms with Gasteiger partial charge >= 0.3 is 0 Å². The van der Waals surface area contributed by atoms with Gasteiger partial charge in [-0.2, -0.15) is 0 Å². The van der Waals surface area contributed by atoms with Crippen LogP contribution in [-0.2, 0) is 0 Å². The Labute approximate surface area is 440 Å². The highest BCUT2D eigenvalue weighted by atomic mass is 15.1. The van der Waals surface area contributed by atoms with Gasteiger partial charge in [0.05, 0.1) is 33.1 Å². The normalized spacial score (nSPS) is 11.7. The van der Waals surface area contributed by atoms with Crippen molar-refractivity contribution in [3.05, 3.63) is 291 Å². The second-order valence-corrected chi connectivity index (χ2v) is 19.7. The monoisotopic (exact) mass is 968 g/mol. The molecular weight excluding hydrogens is 921 g/mol. The number of para-hydroxylation sites is 6. The van der Waals surface area contributed by atoms with Crippen molar-refractivity contribution < 1.29 is 0 Å². The summed E-state index contributed by atoms with van der Waals surface area (Å²) in [7, 11) is 0. The van der Waals surface area contributed by atoms with E-state index in [0.717, 1.165) is 34.0 Å². The third-order valence-electron chi connectivity index (χ3n) is 15.5. The molecule has 356 valence electrons. The summed E-state index contributed by atoms with van der Waals surface area (Å²) in [4.78, 5) is 2.37. The fourth-order valence-corrected chi connectivity index (χ4v) is 11.9. The average Bonchev–Trinajstić information content (AvgIpc) is 4.20. The molecule has 0 atom stereocenters. The lowest BCUT2D eigenvalue weighted by atomic mass is 9.98. The van der Waals surface area contributed by atoms with Crippen LogP contribution in [0.15, 0.2) is 291 Å². The fraction of sp³-hybridized carbons (Fsp3) is 0. The van der Waals surface area contributed by atoms with Gasteiger partial charge in [0, 0.05) is 66.4 Å². The molecule has 15 aromatic rings. The number of rotatable bonds is 9. The summed E-state index contributed by atoms with van der Waals surface area (Å²) in [6, 6.07) is 106. The minimum absolute atomic E-state index is 1.08. The quantitative estimate of drug-likeness (QED) is 0.141. The predicted octanol–water partition coefficient (Wildman–Crippen LogP) is 19.4. The Bertz CT molecular complexity index is 4590. The van der Waals surface area contributed by atoms with Gasteiger partial charge in [-0.1, -0.05) is 170 Å². The molecule has 0 saturated carbocycles. The molecule has 0 aliphatic rings. The third kappa shape index (κ3) is 7.14. The number of benzene rings is 12. The lowest BCUT2D eigenvalue weighted by Gasteiger charge is -2.26. The van der Waals surface area contributed by atoms with Crippen molar-refractivity contribution in [1.82, 2.24) is 13.7 Å². The van der Waals surface area contributed by atoms with Gasteiger partial charge in [-0.05, 0) is 155 Å². The van der Waals surface area contributed by atoms with Gasteiger partial charge < -0.3 is 18.6 Å². The van der Waals surface area contributed by atoms with Gasteiger partial charge in [-0.25, -0.2) is 0 Å². The van der Waals surface area contributed by atoms with E-state index >= 15 is 0 Å². The highest BCUT2D eigenvalue weighted by molar-refractivity contribution is 6.12. The summed E-state index contributed by atoms with van der Waals surface area (Å²) < 4.78 is 7.12. The van der Waals surface area contributed by atoms with Crippen LogP contribution in [0.4, 0.5) is 17.1 Å². The van der Waals surface area contributed by atoms with Gasteiger partial charge in [-0.15, -0.1) is 0 Å². The van der Waals surface area contributed by atoms with E-state index in [1.165, 1.54) is 98.9 Å². The Kier molecular flexibility index (Phi) is 10.2. The van der Waals surface area contributed by atoms with Crippen LogP contribution < -0.4 is 4.90 Å². The molecule has 0 bridgehead atoms. The summed E-state index contributed by atoms with van der Waals surface area (Å²) in [5.74, 6) is 0. The number of nitrogens with zero attached hydrogens (tertiary/aromatic N) is 4. The Hall–Kier alpha value is -10.2. The topological polar surface area (TPSA) is 18.0 Å². The summed E-state index contributed by atoms with van der Waals surface area (Å²) in [5, 5.41) is 7.50. The maximum atomic E-state index is 2.38. The lowest BCUT2D eigenvalue weighted by Crippen LogP contribution is -2.10. The van der Waals surface area contributed by atoms with Crippen LogP contribution in [0.25, 0.3) is 116 Å². The second-order valence-electron chi connectivity index (χ2n) is 19.7. The molecule has 0 unspecified atom stereocenters. The smallest absolute Gasteiger partial charge is 0.0541 e. The van der Waals surface area contributed by atoms with E-state index in [1.54, 1.807) is 0 Å². The van der Waals surface area contributed by atoms with E-state index in [1.807, 2.05) is 0 Å². The molecule has 3 aromatic heterocycles. The molecule has 4 heteroatoms. The van der Waals surface area contributed by atoms with Crippen LogP contribution in [0.1, 0.15) is 0 Å². The maximum Gasteiger partial charge on any atom is 0.0541 e. The first kappa shape index (κ1) is 43.4. The Morgan fingerprint density at radius 2 is 0.434 bits per heavy atom. The molecule has 0 spiro atoms. The van der Waals surface area contributed by atoms with Crippen molar-refractivity contribution in [3.63, 3.8) is 0 Å². The highest BCUT2D eigenvalue weighted by Gasteiger charge is 2.19. The van der Waals surface area contributed by atoms with Crippen LogP contribution in [-0.4, -0.2) is 13.7 Å². The molecule has 76 heavy (non-hydrogen) atoms. The van der Waals surface area contributed by atoms with Crippen molar-refractivity contribution in [2.75, 3.05) is 4.90 Å². The molecule has 3 heterocycles. The largest absolute Gasteiger partial charge is 0.311 e. The summed E-state index contributed by atoms with van der Waals surface area (Å²) >= 11 is 0. The van der Waals surface area contributed by atoms with Crippen LogP contribution in [0.3, 0.4) is 0 Å². The second kappa shape index (κ2) is 17.8. The van der Waals surface area contributed by atoms with Gasteiger partial charge in [0.1, 0.15) is 0 Å². The Balaban J connectivity index is 0.778. The minimum Gasteiger partial charge on any atom is -0.311 e. The van der Waals surface area contributed by atoms with Crippen molar-refractivity contribution >= 4 is 82.5 Å². The summed E-state index contributed by atoms with van der Waals surface area (Å²) in [5.41, 5.74) is 21.0. The van der Waals surface area contributed by atoms with Crippen molar-refractivity contribution in [2.24, 2.45) is 0 Å². The zero-order chi connectivity index (χ0) is 50.1. The average molecular weight is 969 g/mol. The van der Waals surface area contributed by atoms with Gasteiger partial charge in [0.2, 0.25) is 0 Å². The number of hydrogen-bond acceptors (Lipinski definition) is 1. The minimum atomic E-state index is 1.08. The highest BCUT2D eigenvalue weighted by Crippen LogP contribution is 2.41. The molecule has 0 fully saturated rings. The van der Waals surface area contributed by atoms with Crippen LogP contribution in [0.5, 0.6) is 0 Å². The molecule has 4 nitrogen and oxygen atoms in total. The lowest BCUT2D eigenvalue weighted by molar-refractivity contribution is 1.17. The first-order valence-electron chi connectivity index (χ1n) is 26.1. The molecule has 0 aliphatic heterocycles. The van der Waals surface area contributed by atoms with Crippen molar-refractivity contribution in [3.8, 4) is 50.4 Å². The molecule has 12 aromatic carbocycles. The summed E-state index contributed by atoms with van der Waals surface area (Å²) in [6.07, 6.45) is 0. The van der Waals surface area contributed by atoms with E-state index in [-0.39, 0.29) is 0 Å². The van der Waals surface area contributed by atoms with Crippen LogP contribution >= 0.6 is 0 Å². The number of hydrogen-bond donors (Lipinski definition) is 0. The third-order valence-corrected chi connectivity index (χ3v) is 15.5. The molecular formula is C72H48N4. The van der Waals surface area contributed by atoms with Crippen LogP contribution in [0, 0.1) is 0 Å². The van der Waals surface area contributed by atoms with Gasteiger partial charge in [0.25, 0.3) is 0 Å². The van der Waals surface area contributed by atoms with Gasteiger partial charge in [0.15, 0.2) is 0 Å². The standard InChI is InChI=1S/C72H48N4/c1-3-15-55(16-4-1)74-69-25-13-9-21-63(69)65-47-53(35-45-71(65)74)51-29-27-49(28-30-51)50-31-37-57(38-32-50)73(59-41-43-60(44-42-59)76-67-23-11-7-19-61(67)62-20-8-12-24-68(62)76)58-39-33-52(34-40-58)54-36-46-72-66(48-54)64-22-10-14-26-70(64)75(72)56-17-5-2-6-18-56/h1-48H. The van der Waals surface area contributed by atoms with Crippen molar-refractivity contribution in [2.45, 2.75) is 0 Å². The first-order chi connectivity index (χ1) is 37.7.